The van der Waals surface area contributed by atoms with Gasteiger partial charge < -0.3 is 19.4 Å². The van der Waals surface area contributed by atoms with Crippen molar-refractivity contribution in [2.75, 3.05) is 6.54 Å². The Labute approximate surface area is 206 Å². The van der Waals surface area contributed by atoms with Gasteiger partial charge in [0.05, 0.1) is 10.5 Å². The predicted molar refractivity (Wildman–Crippen MR) is 137 cm³/mol. The first-order valence-electron chi connectivity index (χ1n) is 12.0. The monoisotopic (exact) mass is 488 g/mol. The molecule has 0 unspecified atom stereocenters. The summed E-state index contributed by atoms with van der Waals surface area (Å²) in [6.45, 7) is 2.33. The minimum absolute atomic E-state index is 0.00549. The van der Waals surface area contributed by atoms with E-state index in [1.807, 2.05) is 53.2 Å². The first-order valence-corrected chi connectivity index (χ1v) is 12.3. The van der Waals surface area contributed by atoms with Crippen LogP contribution >= 0.6 is 11.6 Å². The number of benzene rings is 2. The highest BCUT2D eigenvalue weighted by Crippen LogP contribution is 2.37. The summed E-state index contributed by atoms with van der Waals surface area (Å²) in [7, 11) is 0. The lowest BCUT2D eigenvalue weighted by molar-refractivity contribution is 0.0942. The van der Waals surface area contributed by atoms with Crippen LogP contribution in [-0.2, 0) is 0 Å². The molecule has 3 heterocycles. The molecule has 0 aliphatic heterocycles. The van der Waals surface area contributed by atoms with Crippen LogP contribution in [0.4, 0.5) is 0 Å². The number of nitrogens with zero attached hydrogens (tertiary/aromatic N) is 2. The van der Waals surface area contributed by atoms with Gasteiger partial charge in [-0.3, -0.25) is 9.59 Å². The number of pyridine rings is 1. The molecule has 178 valence electrons. The van der Waals surface area contributed by atoms with Gasteiger partial charge in [-0.15, -0.1) is 0 Å². The predicted octanol–water partition coefficient (Wildman–Crippen LogP) is 5.75. The molecule has 7 nitrogen and oxygen atoms in total. The fourth-order valence-electron chi connectivity index (χ4n) is 5.63. The van der Waals surface area contributed by atoms with Crippen molar-refractivity contribution in [3.8, 4) is 0 Å². The Morgan fingerprint density at radius 2 is 2.06 bits per heavy atom. The van der Waals surface area contributed by atoms with Crippen LogP contribution in [0, 0.1) is 12.8 Å². The number of aromatic nitrogens is 3. The van der Waals surface area contributed by atoms with Crippen LogP contribution in [0.2, 0.25) is 5.02 Å². The summed E-state index contributed by atoms with van der Waals surface area (Å²) < 4.78 is 7.26. The van der Waals surface area contributed by atoms with Crippen molar-refractivity contribution >= 4 is 50.2 Å². The van der Waals surface area contributed by atoms with Crippen LogP contribution in [0.25, 0.3) is 32.7 Å². The molecule has 1 saturated carbocycles. The molecule has 2 aromatic carbocycles. The molecule has 0 saturated heterocycles. The number of rotatable bonds is 4. The Morgan fingerprint density at radius 3 is 2.94 bits per heavy atom. The number of H-pyrrole nitrogens is 1. The number of carbonyl (C=O) groups excluding carboxylic acids is 1. The third-order valence-electron chi connectivity index (χ3n) is 7.29. The van der Waals surface area contributed by atoms with Crippen molar-refractivity contribution in [1.29, 1.82) is 0 Å². The Balaban J connectivity index is 1.29. The molecule has 3 aromatic heterocycles. The Kier molecular flexibility index (Phi) is 5.37. The average Bonchev–Trinajstić information content (AvgIpc) is 3.50. The molecule has 0 radical (unpaired) electrons. The number of amides is 1. The number of halogens is 1. The highest BCUT2D eigenvalue weighted by Gasteiger charge is 2.28. The smallest absolute Gasteiger partial charge is 0.264 e. The number of hydrogen-bond donors (Lipinski definition) is 2. The molecule has 6 rings (SSSR count). The van der Waals surface area contributed by atoms with E-state index in [9.17, 15) is 9.59 Å². The molecule has 2 N–H and O–H groups in total. The van der Waals surface area contributed by atoms with E-state index in [2.05, 4.69) is 15.5 Å². The molecule has 1 fully saturated rings. The van der Waals surface area contributed by atoms with Gasteiger partial charge >= 0.3 is 0 Å². The molecule has 35 heavy (non-hydrogen) atoms. The summed E-state index contributed by atoms with van der Waals surface area (Å²) in [6, 6.07) is 13.2. The summed E-state index contributed by atoms with van der Waals surface area (Å²) in [4.78, 5) is 29.7. The van der Waals surface area contributed by atoms with Gasteiger partial charge in [-0.25, -0.2) is 0 Å². The lowest BCUT2D eigenvalue weighted by Crippen LogP contribution is -2.34. The highest BCUT2D eigenvalue weighted by molar-refractivity contribution is 6.37. The normalized spacial score (nSPS) is 18.5. The van der Waals surface area contributed by atoms with Gasteiger partial charge in [-0.2, -0.15) is 0 Å². The first kappa shape index (κ1) is 21.9. The van der Waals surface area contributed by atoms with Gasteiger partial charge in [-0.1, -0.05) is 35.3 Å². The second-order valence-corrected chi connectivity index (χ2v) is 9.82. The molecule has 0 spiro atoms. The van der Waals surface area contributed by atoms with Crippen LogP contribution in [0.1, 0.15) is 47.8 Å². The molecule has 1 aliphatic rings. The van der Waals surface area contributed by atoms with Gasteiger partial charge in [0.15, 0.2) is 0 Å². The lowest BCUT2D eigenvalue weighted by Gasteiger charge is -2.31. The van der Waals surface area contributed by atoms with E-state index in [4.69, 9.17) is 16.1 Å². The molecule has 1 aliphatic carbocycles. The van der Waals surface area contributed by atoms with Crippen LogP contribution in [-0.4, -0.2) is 27.2 Å². The van der Waals surface area contributed by atoms with E-state index in [1.165, 1.54) is 0 Å². The van der Waals surface area contributed by atoms with Gasteiger partial charge in [0.2, 0.25) is 0 Å². The largest absolute Gasteiger partial charge is 0.361 e. The van der Waals surface area contributed by atoms with Gasteiger partial charge in [-0.05, 0) is 62.4 Å². The summed E-state index contributed by atoms with van der Waals surface area (Å²) in [5.74, 6) is 0.691. The summed E-state index contributed by atoms with van der Waals surface area (Å²) in [5.41, 5.74) is 2.81. The van der Waals surface area contributed by atoms with Crippen LogP contribution in [0.3, 0.4) is 0 Å². The number of fused-ring (bicyclic) bond motifs is 4. The quantitative estimate of drug-likeness (QED) is 0.337. The molecule has 5 aromatic rings. The molecule has 2 atom stereocenters. The standard InChI is InChI=1S/C27H25ClN4O3/c1-15-23-25(31-35-15)24-20(28)8-4-10-22(24)32(27(23)34)17-6-2-5-16(13-17)14-30-26(33)19-7-3-9-21-18(19)11-12-29-21/h3-4,7-12,16-17,29H,2,5-6,13-14H2,1H3,(H,30,33)/t16-,17+/m1/s1. The Bertz CT molecular complexity index is 1650. The van der Waals surface area contributed by atoms with E-state index < -0.39 is 0 Å². The third kappa shape index (κ3) is 3.62. The van der Waals surface area contributed by atoms with Gasteiger partial charge in [0.1, 0.15) is 16.7 Å². The van der Waals surface area contributed by atoms with E-state index in [0.717, 1.165) is 47.5 Å². The second kappa shape index (κ2) is 8.57. The number of aryl methyl sites for hydroxylation is 1. The maximum Gasteiger partial charge on any atom is 0.264 e. The average molecular weight is 489 g/mol. The maximum atomic E-state index is 13.6. The van der Waals surface area contributed by atoms with Gasteiger partial charge in [0.25, 0.3) is 11.5 Å². The Hall–Kier alpha value is -3.58. The van der Waals surface area contributed by atoms with Crippen LogP contribution in [0.15, 0.2) is 58.0 Å². The van der Waals surface area contributed by atoms with Crippen molar-refractivity contribution in [3.05, 3.63) is 75.4 Å². The molecule has 1 amide bonds. The fourth-order valence-corrected chi connectivity index (χ4v) is 5.89. The van der Waals surface area contributed by atoms with E-state index in [-0.39, 0.29) is 23.4 Å². The highest BCUT2D eigenvalue weighted by atomic mass is 35.5. The Morgan fingerprint density at radius 1 is 1.20 bits per heavy atom. The lowest BCUT2D eigenvalue weighted by atomic mass is 9.85. The first-order chi connectivity index (χ1) is 17.0. The number of aromatic amines is 1. The second-order valence-electron chi connectivity index (χ2n) is 9.41. The molecule has 8 heteroatoms. The van der Waals surface area contributed by atoms with Crippen molar-refractivity contribution in [2.24, 2.45) is 5.92 Å². The zero-order chi connectivity index (χ0) is 24.1. The number of carbonyl (C=O) groups is 1. The van der Waals surface area contributed by atoms with Crippen molar-refractivity contribution in [1.82, 2.24) is 20.0 Å². The number of hydrogen-bond acceptors (Lipinski definition) is 4. The third-order valence-corrected chi connectivity index (χ3v) is 7.61. The van der Waals surface area contributed by atoms with Crippen LogP contribution in [0.5, 0.6) is 0 Å². The molecule has 0 bridgehead atoms. The topological polar surface area (TPSA) is 92.9 Å². The number of nitrogens with one attached hydrogen (secondary N) is 2. The minimum Gasteiger partial charge on any atom is -0.361 e. The van der Waals surface area contributed by atoms with Crippen molar-refractivity contribution in [2.45, 2.75) is 38.6 Å². The van der Waals surface area contributed by atoms with Gasteiger partial charge in [0, 0.05) is 40.6 Å². The maximum absolute atomic E-state index is 13.6. The van der Waals surface area contributed by atoms with E-state index in [0.29, 0.717) is 33.8 Å². The fraction of sp³-hybridized carbons (Fsp3) is 0.296. The summed E-state index contributed by atoms with van der Waals surface area (Å²) >= 11 is 6.57. The minimum atomic E-state index is -0.0951. The van der Waals surface area contributed by atoms with Crippen molar-refractivity contribution in [3.63, 3.8) is 0 Å². The molecular weight excluding hydrogens is 464 g/mol. The zero-order valence-corrected chi connectivity index (χ0v) is 20.1. The molecular formula is C27H25ClN4O3. The summed E-state index contributed by atoms with van der Waals surface area (Å²) in [5, 5.41) is 9.97. The zero-order valence-electron chi connectivity index (χ0n) is 19.3. The van der Waals surface area contributed by atoms with E-state index in [1.54, 1.807) is 6.92 Å². The SMILES string of the molecule is Cc1onc2c1c(=O)n([C@H]1CCC[C@@H](CNC(=O)c3cccc4[nH]ccc34)C1)c1cccc(Cl)c21. The van der Waals surface area contributed by atoms with E-state index >= 15 is 0 Å². The summed E-state index contributed by atoms with van der Waals surface area (Å²) in [6.07, 6.45) is 5.52. The van der Waals surface area contributed by atoms with Crippen LogP contribution < -0.4 is 10.9 Å². The van der Waals surface area contributed by atoms with Crippen molar-refractivity contribution < 1.29 is 9.32 Å².